The van der Waals surface area contributed by atoms with Crippen molar-refractivity contribution in [3.8, 4) is 11.8 Å². The van der Waals surface area contributed by atoms with E-state index in [0.717, 1.165) is 5.56 Å². The highest BCUT2D eigenvalue weighted by Crippen LogP contribution is 2.33. The molecule has 1 aromatic heterocycles. The third-order valence-corrected chi connectivity index (χ3v) is 4.71. The average molecular weight is 416 g/mol. The summed E-state index contributed by atoms with van der Waals surface area (Å²) in [5.41, 5.74) is 2.38. The Morgan fingerprint density at radius 1 is 1.21 bits per heavy atom. The Balaban J connectivity index is 2.09. The van der Waals surface area contributed by atoms with Gasteiger partial charge < -0.3 is 14.8 Å². The molecule has 0 spiro atoms. The number of hydrogen-bond donors (Lipinski definition) is 1. The zero-order chi connectivity index (χ0) is 20.3. The van der Waals surface area contributed by atoms with Gasteiger partial charge in [-0.3, -0.25) is 0 Å². The third-order valence-electron chi connectivity index (χ3n) is 4.14. The van der Waals surface area contributed by atoms with Crippen molar-refractivity contribution in [3.63, 3.8) is 0 Å². The molecule has 0 bridgehead atoms. The maximum absolute atomic E-state index is 12.3. The van der Waals surface area contributed by atoms with Crippen molar-refractivity contribution < 1.29 is 14.3 Å². The van der Waals surface area contributed by atoms with Gasteiger partial charge >= 0.3 is 5.97 Å². The molecule has 0 atom stereocenters. The van der Waals surface area contributed by atoms with E-state index in [-0.39, 0.29) is 10.7 Å². The van der Waals surface area contributed by atoms with Crippen LogP contribution >= 0.6 is 23.2 Å². The van der Waals surface area contributed by atoms with Gasteiger partial charge in [0.05, 0.1) is 42.1 Å². The van der Waals surface area contributed by atoms with Gasteiger partial charge in [-0.2, -0.15) is 5.26 Å². The molecule has 6 nitrogen and oxygen atoms in total. The summed E-state index contributed by atoms with van der Waals surface area (Å²) in [6.07, 6.45) is 0. The molecule has 0 aliphatic rings. The van der Waals surface area contributed by atoms with Gasteiger partial charge in [0, 0.05) is 11.9 Å². The number of benzene rings is 2. The molecule has 0 aliphatic carbocycles. The first-order valence-electron chi connectivity index (χ1n) is 8.16. The van der Waals surface area contributed by atoms with Crippen LogP contribution in [0.2, 0.25) is 10.2 Å². The molecule has 0 unspecified atom stereocenters. The molecule has 0 amide bonds. The number of hydrogen-bond acceptors (Lipinski definition) is 6. The van der Waals surface area contributed by atoms with Gasteiger partial charge in [0.2, 0.25) is 0 Å². The van der Waals surface area contributed by atoms with Crippen LogP contribution in [-0.4, -0.2) is 25.2 Å². The first-order chi connectivity index (χ1) is 13.5. The van der Waals surface area contributed by atoms with Gasteiger partial charge in [0.15, 0.2) is 0 Å². The normalized spacial score (nSPS) is 10.4. The maximum Gasteiger partial charge on any atom is 0.343 e. The van der Waals surface area contributed by atoms with Gasteiger partial charge in [-0.25, -0.2) is 9.78 Å². The number of esters is 1. The summed E-state index contributed by atoms with van der Waals surface area (Å²) in [7, 11) is 2.81. The highest BCUT2D eigenvalue weighted by Gasteiger charge is 2.21. The summed E-state index contributed by atoms with van der Waals surface area (Å²) >= 11 is 12.4. The second kappa shape index (κ2) is 8.34. The molecule has 2 aromatic carbocycles. The maximum atomic E-state index is 12.3. The molecule has 0 fully saturated rings. The smallest absolute Gasteiger partial charge is 0.343 e. The van der Waals surface area contributed by atoms with Crippen molar-refractivity contribution in [3.05, 3.63) is 63.3 Å². The van der Waals surface area contributed by atoms with Crippen LogP contribution in [0.1, 0.15) is 21.5 Å². The molecule has 0 radical (unpaired) electrons. The van der Waals surface area contributed by atoms with E-state index in [0.29, 0.717) is 39.5 Å². The van der Waals surface area contributed by atoms with Crippen molar-refractivity contribution in [2.45, 2.75) is 6.54 Å². The molecular formula is C20H15Cl2N3O3. The summed E-state index contributed by atoms with van der Waals surface area (Å²) in [6.45, 7) is 0.347. The number of rotatable bonds is 5. The number of anilines is 1. The Bertz CT molecular complexity index is 1110. The molecule has 28 heavy (non-hydrogen) atoms. The average Bonchev–Trinajstić information content (AvgIpc) is 2.71. The number of methoxy groups -OCH3 is 2. The lowest BCUT2D eigenvalue weighted by Gasteiger charge is -2.15. The topological polar surface area (TPSA) is 84.2 Å². The molecule has 142 valence electrons. The number of fused-ring (bicyclic) bond motifs is 1. The van der Waals surface area contributed by atoms with Crippen LogP contribution in [0, 0.1) is 11.3 Å². The van der Waals surface area contributed by atoms with Crippen molar-refractivity contribution in [2.75, 3.05) is 19.5 Å². The number of carbonyl (C=O) groups excluding carboxylic acids is 1. The first-order valence-corrected chi connectivity index (χ1v) is 8.92. The highest BCUT2D eigenvalue weighted by molar-refractivity contribution is 6.34. The molecular weight excluding hydrogens is 401 g/mol. The fourth-order valence-electron chi connectivity index (χ4n) is 2.79. The third kappa shape index (κ3) is 3.81. The van der Waals surface area contributed by atoms with E-state index < -0.39 is 5.97 Å². The lowest BCUT2D eigenvalue weighted by molar-refractivity contribution is 0.0601. The van der Waals surface area contributed by atoms with Crippen molar-refractivity contribution in [2.24, 2.45) is 0 Å². The number of nitriles is 1. The molecule has 1 heterocycles. The zero-order valence-electron chi connectivity index (χ0n) is 15.0. The Morgan fingerprint density at radius 3 is 2.64 bits per heavy atom. The number of pyridine rings is 1. The summed E-state index contributed by atoms with van der Waals surface area (Å²) in [5.74, 6) is -0.0613. The Morgan fingerprint density at radius 2 is 2.00 bits per heavy atom. The van der Waals surface area contributed by atoms with Gasteiger partial charge in [-0.15, -0.1) is 0 Å². The summed E-state index contributed by atoms with van der Waals surface area (Å²) < 4.78 is 10.0. The number of ether oxygens (including phenoxy) is 2. The predicted molar refractivity (Wildman–Crippen MR) is 108 cm³/mol. The fraction of sp³-hybridized carbons (Fsp3) is 0.150. The molecule has 8 heteroatoms. The number of halogens is 2. The number of aromatic nitrogens is 1. The number of carbonyl (C=O) groups is 1. The van der Waals surface area contributed by atoms with Crippen molar-refractivity contribution in [1.29, 1.82) is 5.26 Å². The molecule has 3 aromatic rings. The van der Waals surface area contributed by atoms with E-state index in [9.17, 15) is 10.1 Å². The minimum absolute atomic E-state index is 0.0133. The van der Waals surface area contributed by atoms with E-state index >= 15 is 0 Å². The highest BCUT2D eigenvalue weighted by atomic mass is 35.5. The van der Waals surface area contributed by atoms with E-state index in [4.69, 9.17) is 32.7 Å². The molecule has 3 rings (SSSR count). The van der Waals surface area contributed by atoms with Crippen molar-refractivity contribution in [1.82, 2.24) is 4.98 Å². The van der Waals surface area contributed by atoms with Crippen LogP contribution in [0.5, 0.6) is 5.75 Å². The molecule has 1 N–H and O–H groups in total. The van der Waals surface area contributed by atoms with Crippen LogP contribution < -0.4 is 10.1 Å². The second-order valence-electron chi connectivity index (χ2n) is 5.81. The van der Waals surface area contributed by atoms with Crippen molar-refractivity contribution >= 4 is 45.8 Å². The van der Waals surface area contributed by atoms with E-state index in [1.165, 1.54) is 7.11 Å². The minimum Gasteiger partial charge on any atom is -0.495 e. The van der Waals surface area contributed by atoms with Crippen LogP contribution in [0.25, 0.3) is 10.9 Å². The summed E-state index contributed by atoms with van der Waals surface area (Å²) in [5, 5.41) is 13.5. The monoisotopic (exact) mass is 415 g/mol. The fourth-order valence-corrected chi connectivity index (χ4v) is 3.33. The van der Waals surface area contributed by atoms with E-state index in [1.54, 1.807) is 37.4 Å². The van der Waals surface area contributed by atoms with E-state index in [2.05, 4.69) is 16.4 Å². The molecule has 0 aliphatic heterocycles. The largest absolute Gasteiger partial charge is 0.495 e. The Kier molecular flexibility index (Phi) is 5.88. The van der Waals surface area contributed by atoms with E-state index in [1.807, 2.05) is 6.07 Å². The number of nitrogens with one attached hydrogen (secondary N) is 1. The zero-order valence-corrected chi connectivity index (χ0v) is 16.6. The second-order valence-corrected chi connectivity index (χ2v) is 6.58. The SMILES string of the molecule is COC(=O)c1c(Cl)nc2ccc(C#N)cc2c1NCc1ccc(OC)c(Cl)c1. The Hall–Kier alpha value is -3.01. The van der Waals surface area contributed by atoms with Gasteiger partial charge in [-0.05, 0) is 35.9 Å². The summed E-state index contributed by atoms with van der Waals surface area (Å²) in [4.78, 5) is 16.6. The van der Waals surface area contributed by atoms with Crippen LogP contribution in [-0.2, 0) is 11.3 Å². The Labute approximate surface area is 171 Å². The molecule has 0 saturated heterocycles. The standard InChI is InChI=1S/C20H15Cl2N3O3/c1-27-16-6-4-12(8-14(16)21)10-24-18-13-7-11(9-23)3-5-15(13)25-19(22)17(18)20(26)28-2/h3-8H,10H2,1-2H3,(H,24,25). The lowest BCUT2D eigenvalue weighted by atomic mass is 10.1. The van der Waals surface area contributed by atoms with Crippen LogP contribution in [0.15, 0.2) is 36.4 Å². The van der Waals surface area contributed by atoms with Gasteiger partial charge in [0.1, 0.15) is 16.5 Å². The summed E-state index contributed by atoms with van der Waals surface area (Å²) in [6, 6.07) is 12.4. The predicted octanol–water partition coefficient (Wildman–Crippen LogP) is 4.82. The quantitative estimate of drug-likeness (QED) is 0.474. The first kappa shape index (κ1) is 19.7. The van der Waals surface area contributed by atoms with Crippen LogP contribution in [0.3, 0.4) is 0 Å². The lowest BCUT2D eigenvalue weighted by Crippen LogP contribution is -2.11. The van der Waals surface area contributed by atoms with Gasteiger partial charge in [0.25, 0.3) is 0 Å². The number of nitrogens with zero attached hydrogens (tertiary/aromatic N) is 2. The molecule has 0 saturated carbocycles. The van der Waals surface area contributed by atoms with Gasteiger partial charge in [-0.1, -0.05) is 29.3 Å². The van der Waals surface area contributed by atoms with Crippen LogP contribution in [0.4, 0.5) is 5.69 Å². The minimum atomic E-state index is -0.628.